The van der Waals surface area contributed by atoms with Gasteiger partial charge >= 0.3 is 5.97 Å². The number of carboxylic acid groups (broad SMARTS) is 1. The van der Waals surface area contributed by atoms with Crippen LogP contribution in [0.2, 0.25) is 0 Å². The molecule has 110 valence electrons. The van der Waals surface area contributed by atoms with Crippen LogP contribution in [0.5, 0.6) is 0 Å². The van der Waals surface area contributed by atoms with Crippen molar-refractivity contribution in [3.05, 3.63) is 41.6 Å². The molecular weight excluding hydrogens is 268 g/mol. The van der Waals surface area contributed by atoms with Crippen LogP contribution in [0, 0.1) is 0 Å². The molecule has 1 heterocycles. The second kappa shape index (κ2) is 5.00. The molecule has 3 rings (SSSR count). The Hall–Kier alpha value is -2.14. The topological polar surface area (TPSA) is 64.3 Å². The summed E-state index contributed by atoms with van der Waals surface area (Å²) in [5.41, 5.74) is 3.21. The van der Waals surface area contributed by atoms with E-state index in [9.17, 15) is 4.79 Å². The van der Waals surface area contributed by atoms with Crippen LogP contribution in [-0.4, -0.2) is 34.6 Å². The minimum atomic E-state index is -1.01. The van der Waals surface area contributed by atoms with E-state index in [1.807, 2.05) is 18.2 Å². The van der Waals surface area contributed by atoms with Gasteiger partial charge in [0.15, 0.2) is 5.69 Å². The normalized spacial score (nSPS) is 15.9. The number of hydrogen-bond donors (Lipinski definition) is 1. The number of rotatable bonds is 5. The molecule has 0 aliphatic heterocycles. The summed E-state index contributed by atoms with van der Waals surface area (Å²) in [4.78, 5) is 11.1. The lowest BCUT2D eigenvalue weighted by Crippen LogP contribution is -2.15. The van der Waals surface area contributed by atoms with Crippen LogP contribution in [0.4, 0.5) is 0 Å². The highest BCUT2D eigenvalue weighted by atomic mass is 16.5. The fraction of sp³-hybridized carbons (Fsp3) is 0.375. The van der Waals surface area contributed by atoms with Crippen molar-refractivity contribution in [2.45, 2.75) is 18.3 Å². The average molecular weight is 286 g/mol. The molecule has 5 heteroatoms. The number of hydrogen-bond acceptors (Lipinski definition) is 3. The molecule has 0 spiro atoms. The van der Waals surface area contributed by atoms with Gasteiger partial charge in [-0.3, -0.25) is 4.68 Å². The molecule has 0 atom stereocenters. The summed E-state index contributed by atoms with van der Waals surface area (Å²) in [6.07, 6.45) is 2.20. The predicted molar refractivity (Wildman–Crippen MR) is 78.4 cm³/mol. The van der Waals surface area contributed by atoms with Crippen molar-refractivity contribution < 1.29 is 14.6 Å². The second-order valence-electron chi connectivity index (χ2n) is 5.60. The zero-order valence-electron chi connectivity index (χ0n) is 12.2. The Bertz CT molecular complexity index is 687. The molecule has 1 aromatic heterocycles. The molecule has 1 aliphatic carbocycles. The molecule has 2 aromatic rings. The summed E-state index contributed by atoms with van der Waals surface area (Å²) in [6.45, 7) is 0.688. The molecule has 0 saturated heterocycles. The van der Waals surface area contributed by atoms with Gasteiger partial charge in [0.1, 0.15) is 0 Å². The first-order valence-electron chi connectivity index (χ1n) is 6.93. The number of nitrogens with zero attached hydrogens (tertiary/aromatic N) is 2. The predicted octanol–water partition coefficient (Wildman–Crippen LogP) is 2.46. The van der Waals surface area contributed by atoms with Gasteiger partial charge in [0.2, 0.25) is 0 Å². The van der Waals surface area contributed by atoms with E-state index in [-0.39, 0.29) is 11.1 Å². The summed E-state index contributed by atoms with van der Waals surface area (Å²) < 4.78 is 7.00. The zero-order chi connectivity index (χ0) is 15.0. The molecule has 1 saturated carbocycles. The Morgan fingerprint density at radius 1 is 1.43 bits per heavy atom. The van der Waals surface area contributed by atoms with Gasteiger partial charge < -0.3 is 9.84 Å². The van der Waals surface area contributed by atoms with Crippen LogP contribution >= 0.6 is 0 Å². The SMILES string of the molecule is COCC1(c2ccccc2-c2cc(C(=O)O)nn2C)CC1. The second-order valence-corrected chi connectivity index (χ2v) is 5.60. The first kappa shape index (κ1) is 13.8. The van der Waals surface area contributed by atoms with Gasteiger partial charge in [-0.2, -0.15) is 5.10 Å². The largest absolute Gasteiger partial charge is 0.476 e. The fourth-order valence-electron chi connectivity index (χ4n) is 2.91. The number of ether oxygens (including phenoxy) is 1. The quantitative estimate of drug-likeness (QED) is 0.917. The summed E-state index contributed by atoms with van der Waals surface area (Å²) in [7, 11) is 3.49. The van der Waals surface area contributed by atoms with Gasteiger partial charge in [-0.1, -0.05) is 24.3 Å². The smallest absolute Gasteiger partial charge is 0.356 e. The number of aromatic nitrogens is 2. The Morgan fingerprint density at radius 3 is 2.71 bits per heavy atom. The van der Waals surface area contributed by atoms with Gasteiger partial charge in [0.25, 0.3) is 0 Å². The van der Waals surface area contributed by atoms with E-state index in [1.54, 1.807) is 24.9 Å². The van der Waals surface area contributed by atoms with Gasteiger partial charge in [-0.05, 0) is 24.5 Å². The Balaban J connectivity index is 2.10. The van der Waals surface area contributed by atoms with Crippen LogP contribution in [0.3, 0.4) is 0 Å². The van der Waals surface area contributed by atoms with Crippen LogP contribution < -0.4 is 0 Å². The molecule has 1 fully saturated rings. The van der Waals surface area contributed by atoms with E-state index in [1.165, 1.54) is 5.56 Å². The Kier molecular flexibility index (Phi) is 3.29. The first-order valence-corrected chi connectivity index (χ1v) is 6.93. The highest BCUT2D eigenvalue weighted by Gasteiger charge is 2.45. The molecule has 0 unspecified atom stereocenters. The fourth-order valence-corrected chi connectivity index (χ4v) is 2.91. The maximum Gasteiger partial charge on any atom is 0.356 e. The third-order valence-corrected chi connectivity index (χ3v) is 4.15. The van der Waals surface area contributed by atoms with Crippen LogP contribution in [0.25, 0.3) is 11.3 Å². The van der Waals surface area contributed by atoms with E-state index in [0.29, 0.717) is 6.61 Å². The molecule has 5 nitrogen and oxygen atoms in total. The van der Waals surface area contributed by atoms with E-state index >= 15 is 0 Å². The van der Waals surface area contributed by atoms with E-state index in [2.05, 4.69) is 11.2 Å². The minimum absolute atomic E-state index is 0.0684. The number of aryl methyl sites for hydroxylation is 1. The Morgan fingerprint density at radius 2 is 2.14 bits per heavy atom. The van der Waals surface area contributed by atoms with E-state index in [4.69, 9.17) is 9.84 Å². The van der Waals surface area contributed by atoms with Crippen molar-refractivity contribution in [2.24, 2.45) is 7.05 Å². The first-order chi connectivity index (χ1) is 10.1. The molecular formula is C16H18N2O3. The minimum Gasteiger partial charge on any atom is -0.476 e. The summed E-state index contributed by atoms with van der Waals surface area (Å²) in [5, 5.41) is 13.2. The third kappa shape index (κ3) is 2.34. The summed E-state index contributed by atoms with van der Waals surface area (Å²) in [6, 6.07) is 9.74. The number of carboxylic acids is 1. The van der Waals surface area contributed by atoms with Gasteiger partial charge in [0, 0.05) is 25.1 Å². The summed E-state index contributed by atoms with van der Waals surface area (Å²) >= 11 is 0. The molecule has 1 aromatic carbocycles. The summed E-state index contributed by atoms with van der Waals surface area (Å²) in [5.74, 6) is -1.01. The van der Waals surface area contributed by atoms with Crippen molar-refractivity contribution in [1.29, 1.82) is 0 Å². The van der Waals surface area contributed by atoms with Crippen LogP contribution in [-0.2, 0) is 17.2 Å². The lowest BCUT2D eigenvalue weighted by molar-refractivity contribution is 0.0689. The van der Waals surface area contributed by atoms with Crippen molar-refractivity contribution in [1.82, 2.24) is 9.78 Å². The van der Waals surface area contributed by atoms with Crippen molar-refractivity contribution in [2.75, 3.05) is 13.7 Å². The molecule has 1 aliphatic rings. The standard InChI is InChI=1S/C16H18N2O3/c1-18-14(9-13(17-18)15(19)20)11-5-3-4-6-12(11)16(7-8-16)10-21-2/h3-6,9H,7-8,10H2,1-2H3,(H,19,20). The van der Waals surface area contributed by atoms with E-state index in [0.717, 1.165) is 24.1 Å². The van der Waals surface area contributed by atoms with Crippen molar-refractivity contribution >= 4 is 5.97 Å². The lowest BCUT2D eigenvalue weighted by atomic mass is 9.90. The van der Waals surface area contributed by atoms with Gasteiger partial charge in [-0.15, -0.1) is 0 Å². The molecule has 1 N–H and O–H groups in total. The molecule has 0 radical (unpaired) electrons. The average Bonchev–Trinajstić information content (AvgIpc) is 3.14. The van der Waals surface area contributed by atoms with Gasteiger partial charge in [-0.25, -0.2) is 4.79 Å². The molecule has 0 amide bonds. The van der Waals surface area contributed by atoms with Gasteiger partial charge in [0.05, 0.1) is 12.3 Å². The maximum absolute atomic E-state index is 11.1. The Labute approximate surface area is 123 Å². The van der Waals surface area contributed by atoms with Crippen molar-refractivity contribution in [3.63, 3.8) is 0 Å². The number of methoxy groups -OCH3 is 1. The lowest BCUT2D eigenvalue weighted by Gasteiger charge is -2.18. The zero-order valence-corrected chi connectivity index (χ0v) is 12.2. The number of carbonyl (C=O) groups is 1. The highest BCUT2D eigenvalue weighted by Crippen LogP contribution is 2.51. The third-order valence-electron chi connectivity index (χ3n) is 4.15. The van der Waals surface area contributed by atoms with Crippen LogP contribution in [0.1, 0.15) is 28.9 Å². The van der Waals surface area contributed by atoms with E-state index < -0.39 is 5.97 Å². The number of benzene rings is 1. The van der Waals surface area contributed by atoms with Crippen LogP contribution in [0.15, 0.2) is 30.3 Å². The monoisotopic (exact) mass is 286 g/mol. The highest BCUT2D eigenvalue weighted by molar-refractivity contribution is 5.87. The molecule has 21 heavy (non-hydrogen) atoms. The van der Waals surface area contributed by atoms with Crippen molar-refractivity contribution in [3.8, 4) is 11.3 Å². The maximum atomic E-state index is 11.1. The molecule has 0 bridgehead atoms. The number of aromatic carboxylic acids is 1.